The number of carbonyl (C=O) groups is 1. The van der Waals surface area contributed by atoms with E-state index in [0.29, 0.717) is 12.4 Å². The fourth-order valence-corrected chi connectivity index (χ4v) is 3.07. The van der Waals surface area contributed by atoms with Gasteiger partial charge in [-0.15, -0.1) is 0 Å². The molecule has 2 aromatic rings. The molecule has 7 heteroatoms. The number of aryl methyl sites for hydroxylation is 2. The van der Waals surface area contributed by atoms with Gasteiger partial charge in [-0.1, -0.05) is 0 Å². The summed E-state index contributed by atoms with van der Waals surface area (Å²) in [5.41, 5.74) is 1.98. The summed E-state index contributed by atoms with van der Waals surface area (Å²) < 4.78 is 6.92. The molecule has 0 bridgehead atoms. The number of aromatic nitrogens is 4. The molecule has 0 saturated carbocycles. The van der Waals surface area contributed by atoms with Crippen LogP contribution >= 0.6 is 0 Å². The lowest BCUT2D eigenvalue weighted by Crippen LogP contribution is -2.37. The molecule has 3 heterocycles. The Morgan fingerprint density at radius 2 is 1.96 bits per heavy atom. The third-order valence-electron chi connectivity index (χ3n) is 4.27. The summed E-state index contributed by atoms with van der Waals surface area (Å²) >= 11 is 0. The largest absolute Gasteiger partial charge is 0.466 e. The summed E-state index contributed by atoms with van der Waals surface area (Å²) in [5, 5.41) is 4.46. The van der Waals surface area contributed by atoms with E-state index in [2.05, 4.69) is 15.0 Å². The number of anilines is 1. The van der Waals surface area contributed by atoms with E-state index < -0.39 is 0 Å². The average molecular weight is 329 g/mol. The molecule has 0 amide bonds. The lowest BCUT2D eigenvalue weighted by Gasteiger charge is -2.31. The van der Waals surface area contributed by atoms with Gasteiger partial charge in [-0.05, 0) is 39.7 Å². The van der Waals surface area contributed by atoms with Crippen molar-refractivity contribution in [3.63, 3.8) is 0 Å². The number of ether oxygens (including phenoxy) is 1. The maximum absolute atomic E-state index is 11.8. The molecule has 1 aliphatic heterocycles. The van der Waals surface area contributed by atoms with Gasteiger partial charge >= 0.3 is 5.97 Å². The first-order valence-corrected chi connectivity index (χ1v) is 8.35. The number of hydrogen-bond acceptors (Lipinski definition) is 6. The second-order valence-electron chi connectivity index (χ2n) is 6.09. The minimum absolute atomic E-state index is 0.00616. The quantitative estimate of drug-likeness (QED) is 0.800. The fourth-order valence-electron chi connectivity index (χ4n) is 3.07. The first-order valence-electron chi connectivity index (χ1n) is 8.35. The summed E-state index contributed by atoms with van der Waals surface area (Å²) in [7, 11) is 0. The number of rotatable bonds is 4. The monoisotopic (exact) mass is 329 g/mol. The van der Waals surface area contributed by atoms with Crippen molar-refractivity contribution in [3.8, 4) is 5.82 Å². The van der Waals surface area contributed by atoms with E-state index in [9.17, 15) is 4.79 Å². The van der Waals surface area contributed by atoms with Gasteiger partial charge in [0.15, 0.2) is 5.82 Å². The zero-order chi connectivity index (χ0) is 17.1. The molecule has 1 aliphatic rings. The molecule has 0 spiro atoms. The Hall–Kier alpha value is -2.44. The smallest absolute Gasteiger partial charge is 0.309 e. The molecular weight excluding hydrogens is 306 g/mol. The van der Waals surface area contributed by atoms with E-state index in [1.807, 2.05) is 26.8 Å². The van der Waals surface area contributed by atoms with E-state index in [1.54, 1.807) is 17.1 Å². The standard InChI is InChI=1S/C17H23N5O2/c1-4-24-17(23)14-5-7-21(8-6-14)15-10-18-11-16(19-15)22-13(3)9-12(2)20-22/h9-11,14H,4-8H2,1-3H3. The van der Waals surface area contributed by atoms with Crippen molar-refractivity contribution in [3.05, 3.63) is 29.8 Å². The van der Waals surface area contributed by atoms with Crippen LogP contribution in [-0.4, -0.2) is 45.4 Å². The molecule has 0 unspecified atom stereocenters. The van der Waals surface area contributed by atoms with Gasteiger partial charge in [-0.25, -0.2) is 9.67 Å². The van der Waals surface area contributed by atoms with Crippen LogP contribution in [0.4, 0.5) is 5.82 Å². The molecule has 3 rings (SSSR count). The predicted octanol–water partition coefficient (Wildman–Crippen LogP) is 2.06. The minimum Gasteiger partial charge on any atom is -0.466 e. The second kappa shape index (κ2) is 6.98. The third kappa shape index (κ3) is 3.39. The highest BCUT2D eigenvalue weighted by Gasteiger charge is 2.26. The Bertz CT molecular complexity index is 720. The van der Waals surface area contributed by atoms with Gasteiger partial charge in [0.2, 0.25) is 0 Å². The van der Waals surface area contributed by atoms with Crippen LogP contribution in [0.25, 0.3) is 5.82 Å². The SMILES string of the molecule is CCOC(=O)C1CCN(c2cncc(-n3nc(C)cc3C)n2)CC1. The number of nitrogens with zero attached hydrogens (tertiary/aromatic N) is 5. The van der Waals surface area contributed by atoms with Crippen LogP contribution in [-0.2, 0) is 9.53 Å². The summed E-state index contributed by atoms with van der Waals surface area (Å²) in [6.07, 6.45) is 5.05. The maximum Gasteiger partial charge on any atom is 0.309 e. The van der Waals surface area contributed by atoms with Crippen LogP contribution in [0.15, 0.2) is 18.5 Å². The molecular formula is C17H23N5O2. The van der Waals surface area contributed by atoms with E-state index in [4.69, 9.17) is 9.72 Å². The highest BCUT2D eigenvalue weighted by Crippen LogP contribution is 2.23. The summed E-state index contributed by atoms with van der Waals surface area (Å²) in [4.78, 5) is 23.0. The lowest BCUT2D eigenvalue weighted by atomic mass is 9.97. The number of piperidine rings is 1. The zero-order valence-electron chi connectivity index (χ0n) is 14.4. The Balaban J connectivity index is 1.72. The van der Waals surface area contributed by atoms with Crippen molar-refractivity contribution in [1.29, 1.82) is 0 Å². The van der Waals surface area contributed by atoms with Crippen LogP contribution < -0.4 is 4.90 Å². The van der Waals surface area contributed by atoms with Crippen molar-refractivity contribution >= 4 is 11.8 Å². The summed E-state index contributed by atoms with van der Waals surface area (Å²) in [6, 6.07) is 2.01. The van der Waals surface area contributed by atoms with E-state index in [1.165, 1.54) is 0 Å². The molecule has 0 radical (unpaired) electrons. The Labute approximate surface area is 141 Å². The van der Waals surface area contributed by atoms with Crippen LogP contribution in [0.1, 0.15) is 31.2 Å². The van der Waals surface area contributed by atoms with Gasteiger partial charge in [0, 0.05) is 18.8 Å². The molecule has 1 saturated heterocycles. The fraction of sp³-hybridized carbons (Fsp3) is 0.529. The highest BCUT2D eigenvalue weighted by atomic mass is 16.5. The van der Waals surface area contributed by atoms with Gasteiger partial charge < -0.3 is 9.64 Å². The van der Waals surface area contributed by atoms with Gasteiger partial charge in [-0.3, -0.25) is 9.78 Å². The van der Waals surface area contributed by atoms with Crippen molar-refractivity contribution in [2.45, 2.75) is 33.6 Å². The second-order valence-corrected chi connectivity index (χ2v) is 6.09. The molecule has 0 atom stereocenters. The highest BCUT2D eigenvalue weighted by molar-refractivity contribution is 5.72. The number of carbonyl (C=O) groups excluding carboxylic acids is 1. The van der Waals surface area contributed by atoms with E-state index >= 15 is 0 Å². The Morgan fingerprint density at radius 1 is 1.25 bits per heavy atom. The maximum atomic E-state index is 11.8. The zero-order valence-corrected chi connectivity index (χ0v) is 14.4. The van der Waals surface area contributed by atoms with Gasteiger partial charge in [0.1, 0.15) is 5.82 Å². The lowest BCUT2D eigenvalue weighted by molar-refractivity contribution is -0.148. The van der Waals surface area contributed by atoms with Crippen molar-refractivity contribution in [2.24, 2.45) is 5.92 Å². The molecule has 1 fully saturated rings. The van der Waals surface area contributed by atoms with Crippen LogP contribution in [0.5, 0.6) is 0 Å². The third-order valence-corrected chi connectivity index (χ3v) is 4.27. The van der Waals surface area contributed by atoms with Gasteiger partial charge in [0.25, 0.3) is 0 Å². The van der Waals surface area contributed by atoms with E-state index in [-0.39, 0.29) is 11.9 Å². The summed E-state index contributed by atoms with van der Waals surface area (Å²) in [6.45, 7) is 7.79. The first kappa shape index (κ1) is 16.4. The number of hydrogen-bond donors (Lipinski definition) is 0. The molecule has 24 heavy (non-hydrogen) atoms. The van der Waals surface area contributed by atoms with Gasteiger partial charge in [0.05, 0.1) is 30.6 Å². The Kier molecular flexibility index (Phi) is 4.78. The predicted molar refractivity (Wildman–Crippen MR) is 90.2 cm³/mol. The molecule has 0 aromatic carbocycles. The van der Waals surface area contributed by atoms with E-state index in [0.717, 1.165) is 43.1 Å². The van der Waals surface area contributed by atoms with Crippen LogP contribution in [0, 0.1) is 19.8 Å². The molecule has 7 nitrogen and oxygen atoms in total. The van der Waals surface area contributed by atoms with Crippen LogP contribution in [0.2, 0.25) is 0 Å². The molecule has 0 N–H and O–H groups in total. The molecule has 128 valence electrons. The Morgan fingerprint density at radius 3 is 2.58 bits per heavy atom. The minimum atomic E-state index is -0.0837. The topological polar surface area (TPSA) is 73.1 Å². The first-order chi connectivity index (χ1) is 11.6. The van der Waals surface area contributed by atoms with Crippen LogP contribution in [0.3, 0.4) is 0 Å². The van der Waals surface area contributed by atoms with Crippen molar-refractivity contribution in [2.75, 3.05) is 24.6 Å². The molecule has 0 aliphatic carbocycles. The van der Waals surface area contributed by atoms with Crippen molar-refractivity contribution in [1.82, 2.24) is 19.7 Å². The molecule has 2 aromatic heterocycles. The average Bonchev–Trinajstić information content (AvgIpc) is 2.94. The normalized spacial score (nSPS) is 15.5. The van der Waals surface area contributed by atoms with Gasteiger partial charge in [-0.2, -0.15) is 5.10 Å². The number of esters is 1. The summed E-state index contributed by atoms with van der Waals surface area (Å²) in [5.74, 6) is 1.45. The van der Waals surface area contributed by atoms with Crippen molar-refractivity contribution < 1.29 is 9.53 Å².